The lowest BCUT2D eigenvalue weighted by Gasteiger charge is -2.38. The van der Waals surface area contributed by atoms with Gasteiger partial charge in [-0.3, -0.25) is 0 Å². The third-order valence-corrected chi connectivity index (χ3v) is 3.98. The first-order valence-corrected chi connectivity index (χ1v) is 7.92. The zero-order valence-electron chi connectivity index (χ0n) is 12.7. The molecule has 0 spiro atoms. The topological polar surface area (TPSA) is 29.5 Å². The Morgan fingerprint density at radius 1 is 1.33 bits per heavy atom. The Hall–Kier alpha value is -1.10. The van der Waals surface area contributed by atoms with Crippen LogP contribution in [0.1, 0.15) is 39.2 Å². The summed E-state index contributed by atoms with van der Waals surface area (Å²) in [7, 11) is 0. The number of likely N-dealkylation sites (tertiary alicyclic amines) is 1. The average molecular weight is 358 g/mol. The van der Waals surface area contributed by atoms with E-state index in [9.17, 15) is 4.79 Å². The summed E-state index contributed by atoms with van der Waals surface area (Å²) in [6, 6.07) is 7.18. The first-order chi connectivity index (χ1) is 9.70. The van der Waals surface area contributed by atoms with Crippen LogP contribution in [-0.4, -0.2) is 29.7 Å². The molecule has 1 atom stereocenters. The summed E-state index contributed by atoms with van der Waals surface area (Å²) in [5, 5.41) is 0. The second-order valence-electron chi connectivity index (χ2n) is 6.48. The number of hydrogen-bond acceptors (Lipinski definition) is 2. The normalized spacial score (nSPS) is 23.0. The van der Waals surface area contributed by atoms with Crippen molar-refractivity contribution < 1.29 is 13.9 Å². The van der Waals surface area contributed by atoms with Crippen molar-refractivity contribution in [3.8, 4) is 0 Å². The van der Waals surface area contributed by atoms with Crippen molar-refractivity contribution in [2.45, 2.75) is 44.9 Å². The molecule has 1 fully saturated rings. The highest BCUT2D eigenvalue weighted by Gasteiger charge is 2.40. The summed E-state index contributed by atoms with van der Waals surface area (Å²) in [6.45, 7) is 6.02. The molecule has 0 saturated carbocycles. The molecular weight excluding hydrogens is 337 g/mol. The number of hydrogen-bond donors (Lipinski definition) is 0. The Morgan fingerprint density at radius 3 is 2.52 bits per heavy atom. The van der Waals surface area contributed by atoms with Gasteiger partial charge < -0.3 is 9.64 Å². The largest absolute Gasteiger partial charge is 0.444 e. The van der Waals surface area contributed by atoms with Crippen LogP contribution in [0.3, 0.4) is 0 Å². The summed E-state index contributed by atoms with van der Waals surface area (Å²) >= 11 is 3.35. The molecule has 1 aromatic rings. The van der Waals surface area contributed by atoms with Gasteiger partial charge in [-0.2, -0.15) is 0 Å². The minimum Gasteiger partial charge on any atom is -0.444 e. The van der Waals surface area contributed by atoms with Crippen LogP contribution in [0.4, 0.5) is 9.18 Å². The fourth-order valence-electron chi connectivity index (χ4n) is 2.48. The van der Waals surface area contributed by atoms with Crippen LogP contribution in [0.15, 0.2) is 28.7 Å². The van der Waals surface area contributed by atoms with Crippen LogP contribution >= 0.6 is 15.9 Å². The standard InChI is InChI=1S/C16H21BrFNO2/c1-15(2,3)21-14(20)19-10-4-9-16(18,11-19)12-5-7-13(17)8-6-12/h5-8H,4,9-11H2,1-3H3/t16-/m1/s1. The van der Waals surface area contributed by atoms with Crippen LogP contribution in [0.2, 0.25) is 0 Å². The molecule has 0 aliphatic carbocycles. The van der Waals surface area contributed by atoms with E-state index in [1.807, 2.05) is 32.9 Å². The van der Waals surface area contributed by atoms with Crippen LogP contribution in [0.5, 0.6) is 0 Å². The lowest BCUT2D eigenvalue weighted by Crippen LogP contribution is -2.48. The van der Waals surface area contributed by atoms with Gasteiger partial charge in [0.15, 0.2) is 5.67 Å². The van der Waals surface area contributed by atoms with Gasteiger partial charge >= 0.3 is 6.09 Å². The highest BCUT2D eigenvalue weighted by molar-refractivity contribution is 9.10. The molecule has 0 radical (unpaired) electrons. The summed E-state index contributed by atoms with van der Waals surface area (Å²) in [4.78, 5) is 13.6. The number of carbonyl (C=O) groups is 1. The summed E-state index contributed by atoms with van der Waals surface area (Å²) < 4.78 is 21.5. The quantitative estimate of drug-likeness (QED) is 0.732. The highest BCUT2D eigenvalue weighted by atomic mass is 79.9. The maximum absolute atomic E-state index is 15.2. The van der Waals surface area contributed by atoms with Gasteiger partial charge in [-0.15, -0.1) is 0 Å². The van der Waals surface area contributed by atoms with Gasteiger partial charge in [0.2, 0.25) is 0 Å². The molecule has 1 saturated heterocycles. The monoisotopic (exact) mass is 357 g/mol. The van der Waals surface area contributed by atoms with Crippen LogP contribution in [0, 0.1) is 0 Å². The van der Waals surface area contributed by atoms with Crippen molar-refractivity contribution in [2.75, 3.05) is 13.1 Å². The minimum atomic E-state index is -1.50. The number of piperidine rings is 1. The SMILES string of the molecule is CC(C)(C)OC(=O)N1CCC[C@](F)(c2ccc(Br)cc2)C1. The maximum Gasteiger partial charge on any atom is 0.410 e. The van der Waals surface area contributed by atoms with E-state index in [4.69, 9.17) is 4.74 Å². The molecule has 1 aliphatic heterocycles. The Balaban J connectivity index is 2.12. The Kier molecular flexibility index (Phi) is 4.61. The molecule has 0 bridgehead atoms. The van der Waals surface area contributed by atoms with Crippen LogP contribution in [-0.2, 0) is 10.4 Å². The van der Waals surface area contributed by atoms with E-state index >= 15 is 4.39 Å². The van der Waals surface area contributed by atoms with E-state index in [1.54, 1.807) is 12.1 Å². The van der Waals surface area contributed by atoms with Gasteiger partial charge in [-0.1, -0.05) is 28.1 Å². The number of ether oxygens (including phenoxy) is 1. The van der Waals surface area contributed by atoms with Gasteiger partial charge in [-0.05, 0) is 51.3 Å². The van der Waals surface area contributed by atoms with Gasteiger partial charge in [0, 0.05) is 11.0 Å². The van der Waals surface area contributed by atoms with E-state index in [0.717, 1.165) is 4.47 Å². The predicted octanol–water partition coefficient (Wildman–Crippen LogP) is 4.64. The van der Waals surface area contributed by atoms with Crippen molar-refractivity contribution >= 4 is 22.0 Å². The summed E-state index contributed by atoms with van der Waals surface area (Å²) in [5.74, 6) is 0. The van der Waals surface area contributed by atoms with E-state index in [0.29, 0.717) is 24.9 Å². The lowest BCUT2D eigenvalue weighted by atomic mass is 9.87. The van der Waals surface area contributed by atoms with E-state index < -0.39 is 17.4 Å². The second-order valence-corrected chi connectivity index (χ2v) is 7.39. The average Bonchev–Trinajstić information content (AvgIpc) is 2.37. The van der Waals surface area contributed by atoms with Crippen molar-refractivity contribution in [1.82, 2.24) is 4.90 Å². The number of alkyl halides is 1. The van der Waals surface area contributed by atoms with Crippen molar-refractivity contribution in [1.29, 1.82) is 0 Å². The Morgan fingerprint density at radius 2 is 1.95 bits per heavy atom. The number of benzene rings is 1. The lowest BCUT2D eigenvalue weighted by molar-refractivity contribution is -0.00665. The number of carbonyl (C=O) groups excluding carboxylic acids is 1. The molecule has 3 nitrogen and oxygen atoms in total. The molecule has 0 N–H and O–H groups in total. The Bertz CT molecular complexity index is 512. The molecule has 1 aliphatic rings. The minimum absolute atomic E-state index is 0.0452. The first-order valence-electron chi connectivity index (χ1n) is 7.12. The highest BCUT2D eigenvalue weighted by Crippen LogP contribution is 2.36. The molecule has 1 heterocycles. The third-order valence-electron chi connectivity index (χ3n) is 3.46. The van der Waals surface area contributed by atoms with Gasteiger partial charge in [0.05, 0.1) is 6.54 Å². The maximum atomic E-state index is 15.2. The number of halogens is 2. The molecule has 1 amide bonds. The molecule has 5 heteroatoms. The number of nitrogens with zero attached hydrogens (tertiary/aromatic N) is 1. The molecule has 1 aromatic carbocycles. The van der Waals surface area contributed by atoms with E-state index in [2.05, 4.69) is 15.9 Å². The molecule has 0 unspecified atom stereocenters. The van der Waals surface area contributed by atoms with Gasteiger partial charge in [0.25, 0.3) is 0 Å². The summed E-state index contributed by atoms with van der Waals surface area (Å²) in [5.41, 5.74) is -1.46. The van der Waals surface area contributed by atoms with Gasteiger partial charge in [0.1, 0.15) is 5.60 Å². The number of amides is 1. The second kappa shape index (κ2) is 5.95. The molecular formula is C16H21BrFNO2. The Labute approximate surface area is 133 Å². The number of rotatable bonds is 1. The zero-order chi connectivity index (χ0) is 15.7. The molecule has 0 aromatic heterocycles. The zero-order valence-corrected chi connectivity index (χ0v) is 14.2. The smallest absolute Gasteiger partial charge is 0.410 e. The molecule has 2 rings (SSSR count). The third kappa shape index (κ3) is 4.19. The fraction of sp³-hybridized carbons (Fsp3) is 0.562. The predicted molar refractivity (Wildman–Crippen MR) is 84.0 cm³/mol. The van der Waals surface area contributed by atoms with Crippen molar-refractivity contribution in [2.24, 2.45) is 0 Å². The van der Waals surface area contributed by atoms with Crippen LogP contribution in [0.25, 0.3) is 0 Å². The van der Waals surface area contributed by atoms with Gasteiger partial charge in [-0.25, -0.2) is 9.18 Å². The van der Waals surface area contributed by atoms with Crippen molar-refractivity contribution in [3.63, 3.8) is 0 Å². The molecule has 116 valence electrons. The molecule has 21 heavy (non-hydrogen) atoms. The van der Waals surface area contributed by atoms with Crippen molar-refractivity contribution in [3.05, 3.63) is 34.3 Å². The van der Waals surface area contributed by atoms with E-state index in [-0.39, 0.29) is 6.54 Å². The van der Waals surface area contributed by atoms with Crippen LogP contribution < -0.4 is 0 Å². The fourth-order valence-corrected chi connectivity index (χ4v) is 2.74. The summed E-state index contributed by atoms with van der Waals surface area (Å²) in [6.07, 6.45) is 0.612. The van der Waals surface area contributed by atoms with E-state index in [1.165, 1.54) is 4.90 Å². The first kappa shape index (κ1) is 16.3.